The number of hydrogen-bond acceptors (Lipinski definition) is 1. The Kier molecular flexibility index (Phi) is 4.44. The van der Waals surface area contributed by atoms with Crippen molar-refractivity contribution >= 4 is 34.8 Å². The van der Waals surface area contributed by atoms with Crippen LogP contribution in [0.5, 0.6) is 0 Å². The van der Waals surface area contributed by atoms with Crippen LogP contribution in [0.2, 0.25) is 10.0 Å². The molecule has 0 radical (unpaired) electrons. The van der Waals surface area contributed by atoms with Crippen LogP contribution in [0, 0.1) is 0 Å². The third-order valence-corrected chi connectivity index (χ3v) is 3.03. The first kappa shape index (κ1) is 15.7. The van der Waals surface area contributed by atoms with E-state index in [4.69, 9.17) is 23.2 Å². The SMILES string of the molecule is O=C(Nc1ccc(C(F)(F)F)cc1)c1cc(Cl)cc(Cl)c1. The van der Waals surface area contributed by atoms with Crippen LogP contribution in [0.1, 0.15) is 15.9 Å². The second-order valence-corrected chi connectivity index (χ2v) is 5.06. The number of nitrogens with one attached hydrogen (secondary N) is 1. The highest BCUT2D eigenvalue weighted by atomic mass is 35.5. The minimum atomic E-state index is -4.41. The molecule has 0 aliphatic rings. The van der Waals surface area contributed by atoms with Gasteiger partial charge in [0.2, 0.25) is 0 Å². The van der Waals surface area contributed by atoms with Gasteiger partial charge in [0.15, 0.2) is 0 Å². The highest BCUT2D eigenvalue weighted by Gasteiger charge is 2.29. The Bertz CT molecular complexity index is 649. The molecule has 1 amide bonds. The van der Waals surface area contributed by atoms with E-state index in [0.717, 1.165) is 12.1 Å². The first-order chi connectivity index (χ1) is 9.75. The molecule has 2 aromatic rings. The summed E-state index contributed by atoms with van der Waals surface area (Å²) in [5.74, 6) is -0.515. The second kappa shape index (κ2) is 5.95. The van der Waals surface area contributed by atoms with Gasteiger partial charge in [0, 0.05) is 21.3 Å². The summed E-state index contributed by atoms with van der Waals surface area (Å²) < 4.78 is 37.3. The number of carbonyl (C=O) groups is 1. The molecular formula is C14H8Cl2F3NO. The van der Waals surface area contributed by atoms with Crippen LogP contribution in [0.15, 0.2) is 42.5 Å². The lowest BCUT2D eigenvalue weighted by molar-refractivity contribution is -0.137. The molecule has 0 fully saturated rings. The Labute approximate surface area is 128 Å². The molecular weight excluding hydrogens is 326 g/mol. The van der Waals surface area contributed by atoms with E-state index in [-0.39, 0.29) is 11.3 Å². The van der Waals surface area contributed by atoms with E-state index in [9.17, 15) is 18.0 Å². The fraction of sp³-hybridized carbons (Fsp3) is 0.0714. The van der Waals surface area contributed by atoms with Gasteiger partial charge in [-0.3, -0.25) is 4.79 Å². The minimum Gasteiger partial charge on any atom is -0.322 e. The van der Waals surface area contributed by atoms with Crippen molar-refractivity contribution < 1.29 is 18.0 Å². The number of halogens is 5. The quantitative estimate of drug-likeness (QED) is 0.797. The molecule has 0 heterocycles. The second-order valence-electron chi connectivity index (χ2n) is 4.19. The molecule has 2 nitrogen and oxygen atoms in total. The number of anilines is 1. The average molecular weight is 334 g/mol. The maximum Gasteiger partial charge on any atom is 0.416 e. The van der Waals surface area contributed by atoms with E-state index in [2.05, 4.69) is 5.32 Å². The largest absolute Gasteiger partial charge is 0.416 e. The first-order valence-corrected chi connectivity index (χ1v) is 6.46. The Morgan fingerprint density at radius 1 is 0.952 bits per heavy atom. The Balaban J connectivity index is 2.16. The van der Waals surface area contributed by atoms with Crippen molar-refractivity contribution in [2.75, 3.05) is 5.32 Å². The standard InChI is InChI=1S/C14H8Cl2F3NO/c15-10-5-8(6-11(16)7-10)13(21)20-12-3-1-9(2-4-12)14(17,18)19/h1-7H,(H,20,21). The molecule has 2 rings (SSSR count). The molecule has 2 aromatic carbocycles. The molecule has 0 atom stereocenters. The monoisotopic (exact) mass is 333 g/mol. The molecule has 0 saturated heterocycles. The minimum absolute atomic E-state index is 0.215. The van der Waals surface area contributed by atoms with Crippen molar-refractivity contribution in [1.29, 1.82) is 0 Å². The van der Waals surface area contributed by atoms with Gasteiger partial charge in [-0.1, -0.05) is 23.2 Å². The zero-order valence-electron chi connectivity index (χ0n) is 10.3. The van der Waals surface area contributed by atoms with Crippen LogP contribution in [-0.2, 0) is 6.18 Å². The van der Waals surface area contributed by atoms with Gasteiger partial charge >= 0.3 is 6.18 Å². The number of amides is 1. The van der Waals surface area contributed by atoms with Gasteiger partial charge in [0.05, 0.1) is 5.56 Å². The predicted molar refractivity (Wildman–Crippen MR) is 75.9 cm³/mol. The summed E-state index contributed by atoms with van der Waals surface area (Å²) in [5.41, 5.74) is -0.331. The van der Waals surface area contributed by atoms with Gasteiger partial charge in [-0.15, -0.1) is 0 Å². The molecule has 0 unspecified atom stereocenters. The summed E-state index contributed by atoms with van der Waals surface area (Å²) in [6.45, 7) is 0. The maximum absolute atomic E-state index is 12.4. The van der Waals surface area contributed by atoms with Crippen molar-refractivity contribution in [3.8, 4) is 0 Å². The third-order valence-electron chi connectivity index (χ3n) is 2.59. The van der Waals surface area contributed by atoms with E-state index in [1.165, 1.54) is 30.3 Å². The van der Waals surface area contributed by atoms with E-state index < -0.39 is 17.6 Å². The smallest absolute Gasteiger partial charge is 0.322 e. The Morgan fingerprint density at radius 2 is 1.48 bits per heavy atom. The molecule has 0 saturated carbocycles. The zero-order chi connectivity index (χ0) is 15.6. The number of alkyl halides is 3. The Morgan fingerprint density at radius 3 is 1.95 bits per heavy atom. The van der Waals surface area contributed by atoms with Gasteiger partial charge in [-0.2, -0.15) is 13.2 Å². The zero-order valence-corrected chi connectivity index (χ0v) is 11.9. The summed E-state index contributed by atoms with van der Waals surface area (Å²) in [4.78, 5) is 11.9. The molecule has 0 bridgehead atoms. The third kappa shape index (κ3) is 4.12. The summed E-state index contributed by atoms with van der Waals surface area (Å²) in [7, 11) is 0. The topological polar surface area (TPSA) is 29.1 Å². The van der Waals surface area contributed by atoms with E-state index >= 15 is 0 Å². The number of carbonyl (C=O) groups excluding carboxylic acids is 1. The highest BCUT2D eigenvalue weighted by molar-refractivity contribution is 6.35. The van der Waals surface area contributed by atoms with Crippen molar-refractivity contribution in [3.63, 3.8) is 0 Å². The van der Waals surface area contributed by atoms with Crippen LogP contribution in [0.4, 0.5) is 18.9 Å². The van der Waals surface area contributed by atoms with Crippen LogP contribution < -0.4 is 5.32 Å². The van der Waals surface area contributed by atoms with Gasteiger partial charge in [0.1, 0.15) is 0 Å². The van der Waals surface area contributed by atoms with Crippen molar-refractivity contribution in [3.05, 3.63) is 63.6 Å². The van der Waals surface area contributed by atoms with Crippen molar-refractivity contribution in [2.24, 2.45) is 0 Å². The molecule has 1 N–H and O–H groups in total. The number of rotatable bonds is 2. The highest BCUT2D eigenvalue weighted by Crippen LogP contribution is 2.30. The summed E-state index contributed by atoms with van der Waals surface area (Å²) in [5, 5.41) is 3.05. The first-order valence-electron chi connectivity index (χ1n) is 5.70. The maximum atomic E-state index is 12.4. The molecule has 110 valence electrons. The summed E-state index contributed by atoms with van der Waals surface area (Å²) in [6.07, 6.45) is -4.41. The number of hydrogen-bond donors (Lipinski definition) is 1. The fourth-order valence-corrected chi connectivity index (χ4v) is 2.16. The normalized spacial score (nSPS) is 11.3. The van der Waals surface area contributed by atoms with Gasteiger partial charge in [0.25, 0.3) is 5.91 Å². The van der Waals surface area contributed by atoms with Gasteiger partial charge in [-0.25, -0.2) is 0 Å². The lowest BCUT2D eigenvalue weighted by atomic mass is 10.1. The molecule has 0 aromatic heterocycles. The molecule has 0 aliphatic heterocycles. The van der Waals surface area contributed by atoms with Crippen LogP contribution >= 0.6 is 23.2 Å². The molecule has 7 heteroatoms. The lowest BCUT2D eigenvalue weighted by Crippen LogP contribution is -2.12. The van der Waals surface area contributed by atoms with Crippen molar-refractivity contribution in [1.82, 2.24) is 0 Å². The summed E-state index contributed by atoms with van der Waals surface area (Å²) >= 11 is 11.6. The van der Waals surface area contributed by atoms with Crippen molar-refractivity contribution in [2.45, 2.75) is 6.18 Å². The van der Waals surface area contributed by atoms with Crippen LogP contribution in [0.3, 0.4) is 0 Å². The average Bonchev–Trinajstić information content (AvgIpc) is 2.37. The molecule has 21 heavy (non-hydrogen) atoms. The van der Waals surface area contributed by atoms with Crippen LogP contribution in [0.25, 0.3) is 0 Å². The molecule has 0 aliphatic carbocycles. The van der Waals surface area contributed by atoms with E-state index in [1.54, 1.807) is 0 Å². The van der Waals surface area contributed by atoms with Crippen LogP contribution in [-0.4, -0.2) is 5.91 Å². The van der Waals surface area contributed by atoms with Gasteiger partial charge < -0.3 is 5.32 Å². The van der Waals surface area contributed by atoms with Gasteiger partial charge in [-0.05, 0) is 42.5 Å². The van der Waals surface area contributed by atoms with E-state index in [0.29, 0.717) is 10.0 Å². The summed E-state index contributed by atoms with van der Waals surface area (Å²) in [6, 6.07) is 8.42. The molecule has 0 spiro atoms. The predicted octanol–water partition coefficient (Wildman–Crippen LogP) is 5.26. The Hall–Kier alpha value is -1.72. The fourth-order valence-electron chi connectivity index (χ4n) is 1.63. The number of benzene rings is 2. The lowest BCUT2D eigenvalue weighted by Gasteiger charge is -2.09. The van der Waals surface area contributed by atoms with E-state index in [1.807, 2.05) is 0 Å².